The molecule has 0 saturated carbocycles. The Labute approximate surface area is 119 Å². The molecule has 0 amide bonds. The molecule has 0 aliphatic carbocycles. The van der Waals surface area contributed by atoms with Gasteiger partial charge in [-0.15, -0.1) is 0 Å². The summed E-state index contributed by atoms with van der Waals surface area (Å²) in [4.78, 5) is 0. The summed E-state index contributed by atoms with van der Waals surface area (Å²) in [6.45, 7) is 8.08. The summed E-state index contributed by atoms with van der Waals surface area (Å²) in [6, 6.07) is 0.344. The van der Waals surface area contributed by atoms with E-state index in [0.29, 0.717) is 12.6 Å². The number of rotatable bonds is 2. The van der Waals surface area contributed by atoms with Crippen molar-refractivity contribution in [3.05, 3.63) is 17.0 Å². The van der Waals surface area contributed by atoms with Crippen LogP contribution in [0.1, 0.15) is 55.3 Å². The summed E-state index contributed by atoms with van der Waals surface area (Å²) >= 11 is 0. The predicted molar refractivity (Wildman–Crippen MR) is 74.7 cm³/mol. The molecule has 20 heavy (non-hydrogen) atoms. The van der Waals surface area contributed by atoms with Crippen molar-refractivity contribution in [1.82, 2.24) is 9.78 Å². The van der Waals surface area contributed by atoms with Crippen LogP contribution in [0.3, 0.4) is 0 Å². The average Bonchev–Trinajstić information content (AvgIpc) is 2.95. The summed E-state index contributed by atoms with van der Waals surface area (Å²) in [5.74, 6) is 0. The first kappa shape index (κ1) is 14.0. The summed E-state index contributed by atoms with van der Waals surface area (Å²) in [5.41, 5.74) is 2.87. The molecule has 3 atom stereocenters. The Morgan fingerprint density at radius 3 is 2.80 bits per heavy atom. The zero-order valence-corrected chi connectivity index (χ0v) is 12.6. The molecule has 5 nitrogen and oxygen atoms in total. The van der Waals surface area contributed by atoms with Gasteiger partial charge in [0.2, 0.25) is 0 Å². The molecule has 3 rings (SSSR count). The minimum Gasteiger partial charge on any atom is -0.389 e. The van der Waals surface area contributed by atoms with E-state index < -0.39 is 6.10 Å². The van der Waals surface area contributed by atoms with Crippen molar-refractivity contribution in [2.24, 2.45) is 0 Å². The van der Waals surface area contributed by atoms with Gasteiger partial charge in [0.05, 0.1) is 30.0 Å². The van der Waals surface area contributed by atoms with Crippen LogP contribution in [0.15, 0.2) is 0 Å². The highest BCUT2D eigenvalue weighted by Gasteiger charge is 2.42. The molecule has 1 spiro atoms. The molecule has 0 radical (unpaired) electrons. The second kappa shape index (κ2) is 5.13. The van der Waals surface area contributed by atoms with Crippen LogP contribution in [-0.4, -0.2) is 40.3 Å². The van der Waals surface area contributed by atoms with E-state index in [0.717, 1.165) is 49.4 Å². The van der Waals surface area contributed by atoms with Gasteiger partial charge in [0.25, 0.3) is 0 Å². The molecule has 0 aromatic carbocycles. The lowest BCUT2D eigenvalue weighted by Gasteiger charge is -2.37. The number of aryl methyl sites for hydroxylation is 1. The van der Waals surface area contributed by atoms with E-state index in [1.807, 2.05) is 6.92 Å². The van der Waals surface area contributed by atoms with Crippen molar-refractivity contribution in [3.8, 4) is 0 Å². The topological polar surface area (TPSA) is 56.5 Å². The van der Waals surface area contributed by atoms with E-state index in [4.69, 9.17) is 9.47 Å². The highest BCUT2D eigenvalue weighted by Crippen LogP contribution is 2.39. The van der Waals surface area contributed by atoms with Crippen LogP contribution < -0.4 is 0 Å². The van der Waals surface area contributed by atoms with Gasteiger partial charge < -0.3 is 14.6 Å². The molecular weight excluding hydrogens is 256 g/mol. The number of aromatic nitrogens is 2. The summed E-state index contributed by atoms with van der Waals surface area (Å²) in [6.07, 6.45) is 2.44. The number of hydrogen-bond acceptors (Lipinski definition) is 4. The Morgan fingerprint density at radius 2 is 2.20 bits per heavy atom. The Bertz CT molecular complexity index is 490. The summed E-state index contributed by atoms with van der Waals surface area (Å²) in [7, 11) is 0. The van der Waals surface area contributed by atoms with Crippen LogP contribution in [0.5, 0.6) is 0 Å². The molecule has 2 fully saturated rings. The molecule has 5 heteroatoms. The largest absolute Gasteiger partial charge is 0.389 e. The van der Waals surface area contributed by atoms with Gasteiger partial charge in [-0.3, -0.25) is 4.68 Å². The van der Waals surface area contributed by atoms with Gasteiger partial charge in [0.1, 0.15) is 0 Å². The molecule has 2 saturated heterocycles. The van der Waals surface area contributed by atoms with Crippen LogP contribution in [0.25, 0.3) is 0 Å². The molecule has 1 aromatic rings. The summed E-state index contributed by atoms with van der Waals surface area (Å²) < 4.78 is 13.6. The second-order valence-corrected chi connectivity index (χ2v) is 6.19. The highest BCUT2D eigenvalue weighted by molar-refractivity contribution is 5.27. The van der Waals surface area contributed by atoms with Gasteiger partial charge in [0, 0.05) is 37.3 Å². The van der Waals surface area contributed by atoms with E-state index >= 15 is 0 Å². The van der Waals surface area contributed by atoms with Gasteiger partial charge in [0.15, 0.2) is 0 Å². The number of nitrogens with zero attached hydrogens (tertiary/aromatic N) is 2. The molecule has 2 aliphatic rings. The maximum absolute atomic E-state index is 9.90. The van der Waals surface area contributed by atoms with Crippen LogP contribution >= 0.6 is 0 Å². The SMILES string of the molecule is Cc1nn(C2CCOC3(CCOC3)C2)c(C)c1C(C)O. The van der Waals surface area contributed by atoms with E-state index in [1.54, 1.807) is 6.92 Å². The number of aliphatic hydroxyl groups excluding tert-OH is 1. The van der Waals surface area contributed by atoms with Crippen LogP contribution in [0.4, 0.5) is 0 Å². The number of hydrogen-bond donors (Lipinski definition) is 1. The van der Waals surface area contributed by atoms with Crippen molar-refractivity contribution in [1.29, 1.82) is 0 Å². The molecule has 1 aromatic heterocycles. The Balaban J connectivity index is 1.87. The highest BCUT2D eigenvalue weighted by atomic mass is 16.6. The van der Waals surface area contributed by atoms with E-state index in [2.05, 4.69) is 16.7 Å². The third-order valence-electron chi connectivity index (χ3n) is 4.68. The molecule has 3 unspecified atom stereocenters. The van der Waals surface area contributed by atoms with Crippen molar-refractivity contribution in [2.75, 3.05) is 19.8 Å². The first-order chi connectivity index (χ1) is 9.52. The first-order valence-electron chi connectivity index (χ1n) is 7.48. The monoisotopic (exact) mass is 280 g/mol. The van der Waals surface area contributed by atoms with E-state index in [1.165, 1.54) is 0 Å². The second-order valence-electron chi connectivity index (χ2n) is 6.19. The maximum atomic E-state index is 9.90. The van der Waals surface area contributed by atoms with Crippen LogP contribution in [0.2, 0.25) is 0 Å². The van der Waals surface area contributed by atoms with Crippen molar-refractivity contribution in [3.63, 3.8) is 0 Å². The normalized spacial score (nSPS) is 31.9. The fourth-order valence-electron chi connectivity index (χ4n) is 3.71. The maximum Gasteiger partial charge on any atom is 0.0957 e. The standard InChI is InChI=1S/C15H24N2O3/c1-10-14(12(3)18)11(2)17(16-10)13-4-6-20-15(8-13)5-7-19-9-15/h12-13,18H,4-9H2,1-3H3. The van der Waals surface area contributed by atoms with E-state index in [9.17, 15) is 5.11 Å². The van der Waals surface area contributed by atoms with Gasteiger partial charge in [-0.05, 0) is 27.2 Å². The quantitative estimate of drug-likeness (QED) is 0.901. The van der Waals surface area contributed by atoms with Gasteiger partial charge in [-0.1, -0.05) is 0 Å². The molecular formula is C15H24N2O3. The Hall–Kier alpha value is -0.910. The van der Waals surface area contributed by atoms with Crippen LogP contribution in [-0.2, 0) is 9.47 Å². The van der Waals surface area contributed by atoms with Crippen molar-refractivity contribution >= 4 is 0 Å². The first-order valence-corrected chi connectivity index (χ1v) is 7.48. The zero-order chi connectivity index (χ0) is 14.3. The number of aliphatic hydroxyl groups is 1. The lowest BCUT2D eigenvalue weighted by atomic mass is 9.89. The van der Waals surface area contributed by atoms with Gasteiger partial charge in [-0.2, -0.15) is 5.10 Å². The molecule has 112 valence electrons. The lowest BCUT2D eigenvalue weighted by molar-refractivity contribution is -0.0965. The number of ether oxygens (including phenoxy) is 2. The Kier molecular flexibility index (Phi) is 3.60. The van der Waals surface area contributed by atoms with Crippen LogP contribution in [0, 0.1) is 13.8 Å². The van der Waals surface area contributed by atoms with Gasteiger partial charge >= 0.3 is 0 Å². The molecule has 3 heterocycles. The fraction of sp³-hybridized carbons (Fsp3) is 0.800. The fourth-order valence-corrected chi connectivity index (χ4v) is 3.71. The molecule has 2 aliphatic heterocycles. The predicted octanol–water partition coefficient (Wildman–Crippen LogP) is 2.06. The van der Waals surface area contributed by atoms with E-state index in [-0.39, 0.29) is 5.60 Å². The lowest BCUT2D eigenvalue weighted by Crippen LogP contribution is -2.41. The Morgan fingerprint density at radius 1 is 1.40 bits per heavy atom. The zero-order valence-electron chi connectivity index (χ0n) is 12.6. The van der Waals surface area contributed by atoms with Crippen molar-refractivity contribution < 1.29 is 14.6 Å². The third kappa shape index (κ3) is 2.28. The minimum absolute atomic E-state index is 0.111. The molecule has 1 N–H and O–H groups in total. The molecule has 0 bridgehead atoms. The van der Waals surface area contributed by atoms with Crippen molar-refractivity contribution in [2.45, 2.75) is 57.8 Å². The summed E-state index contributed by atoms with van der Waals surface area (Å²) in [5, 5.41) is 14.6. The smallest absolute Gasteiger partial charge is 0.0957 e. The van der Waals surface area contributed by atoms with Gasteiger partial charge in [-0.25, -0.2) is 0 Å². The average molecular weight is 280 g/mol. The third-order valence-corrected chi connectivity index (χ3v) is 4.68. The minimum atomic E-state index is -0.465.